The highest BCUT2D eigenvalue weighted by molar-refractivity contribution is 7.98. The van der Waals surface area contributed by atoms with E-state index < -0.39 is 18.1 Å². The van der Waals surface area contributed by atoms with Crippen molar-refractivity contribution in [2.45, 2.75) is 31.9 Å². The molecule has 0 amide bonds. The molecule has 0 spiro atoms. The molecule has 0 saturated carbocycles. The normalized spacial score (nSPS) is 14.9. The molecule has 2 unspecified atom stereocenters. The third-order valence-corrected chi connectivity index (χ3v) is 2.52. The van der Waals surface area contributed by atoms with E-state index in [1.165, 1.54) is 0 Å². The number of aliphatic hydroxyl groups excluding tert-OH is 1. The Bertz CT molecular complexity index is 166. The first-order valence-electron chi connectivity index (χ1n) is 4.72. The fraction of sp³-hybridized carbons (Fsp3) is 0.889. The fourth-order valence-electron chi connectivity index (χ4n) is 1.01. The second-order valence-corrected chi connectivity index (χ2v) is 3.97. The van der Waals surface area contributed by atoms with Crippen molar-refractivity contribution < 1.29 is 14.6 Å². The van der Waals surface area contributed by atoms with E-state index in [1.54, 1.807) is 18.7 Å². The number of hydrogen-bond donors (Lipinski definition) is 2. The van der Waals surface area contributed by atoms with Crippen LogP contribution in [0.2, 0.25) is 0 Å². The summed E-state index contributed by atoms with van der Waals surface area (Å²) in [5.74, 6) is 0.441. The molecule has 0 aliphatic heterocycles. The molecule has 0 heterocycles. The van der Waals surface area contributed by atoms with Crippen LogP contribution in [0.25, 0.3) is 0 Å². The van der Waals surface area contributed by atoms with Crippen molar-refractivity contribution >= 4 is 17.7 Å². The van der Waals surface area contributed by atoms with Gasteiger partial charge in [0.1, 0.15) is 6.04 Å². The molecule has 4 nitrogen and oxygen atoms in total. The summed E-state index contributed by atoms with van der Waals surface area (Å²) < 4.78 is 4.70. The lowest BCUT2D eigenvalue weighted by Crippen LogP contribution is -2.43. The van der Waals surface area contributed by atoms with Gasteiger partial charge in [-0.25, -0.2) is 0 Å². The summed E-state index contributed by atoms with van der Waals surface area (Å²) >= 11 is 1.71. The predicted molar refractivity (Wildman–Crippen MR) is 58.2 cm³/mol. The van der Waals surface area contributed by atoms with Crippen LogP contribution in [0.1, 0.15) is 19.8 Å². The van der Waals surface area contributed by atoms with E-state index in [1.807, 2.05) is 6.26 Å². The molecule has 0 aromatic carbocycles. The van der Waals surface area contributed by atoms with Crippen molar-refractivity contribution in [2.75, 3.05) is 18.6 Å². The molecule has 3 N–H and O–H groups in total. The molecule has 0 rings (SSSR count). The Labute approximate surface area is 89.2 Å². The topological polar surface area (TPSA) is 72.5 Å². The van der Waals surface area contributed by atoms with Crippen LogP contribution in [-0.4, -0.2) is 41.8 Å². The minimum Gasteiger partial charge on any atom is -0.465 e. The Morgan fingerprint density at radius 1 is 1.64 bits per heavy atom. The van der Waals surface area contributed by atoms with Crippen LogP contribution in [0.15, 0.2) is 0 Å². The summed E-state index contributed by atoms with van der Waals surface area (Å²) in [5, 5.41) is 9.51. The largest absolute Gasteiger partial charge is 0.465 e. The van der Waals surface area contributed by atoms with E-state index in [2.05, 4.69) is 0 Å². The standard InChI is InChI=1S/C9H19NO3S/c1-3-13-9(12)8(10)7(11)5-4-6-14-2/h7-8,11H,3-6,10H2,1-2H3. The Morgan fingerprint density at radius 3 is 2.79 bits per heavy atom. The monoisotopic (exact) mass is 221 g/mol. The zero-order valence-corrected chi connectivity index (χ0v) is 9.55. The molecule has 84 valence electrons. The SMILES string of the molecule is CCOC(=O)C(N)C(O)CCCSC. The number of rotatable bonds is 7. The first kappa shape index (κ1) is 13.7. The van der Waals surface area contributed by atoms with Crippen LogP contribution in [0.5, 0.6) is 0 Å². The minimum atomic E-state index is -0.906. The van der Waals surface area contributed by atoms with Crippen LogP contribution in [0, 0.1) is 0 Å². The van der Waals surface area contributed by atoms with Gasteiger partial charge < -0.3 is 15.6 Å². The van der Waals surface area contributed by atoms with Crippen LogP contribution >= 0.6 is 11.8 Å². The number of thioether (sulfide) groups is 1. The van der Waals surface area contributed by atoms with Crippen LogP contribution in [0.4, 0.5) is 0 Å². The second kappa shape index (κ2) is 8.08. The number of carbonyl (C=O) groups is 1. The highest BCUT2D eigenvalue weighted by atomic mass is 32.2. The number of nitrogens with two attached hydrogens (primary N) is 1. The van der Waals surface area contributed by atoms with Gasteiger partial charge in [0.05, 0.1) is 12.7 Å². The van der Waals surface area contributed by atoms with Crippen molar-refractivity contribution in [2.24, 2.45) is 5.73 Å². The van der Waals surface area contributed by atoms with Crippen molar-refractivity contribution in [3.05, 3.63) is 0 Å². The van der Waals surface area contributed by atoms with Crippen molar-refractivity contribution in [3.8, 4) is 0 Å². The highest BCUT2D eigenvalue weighted by Gasteiger charge is 2.22. The first-order chi connectivity index (χ1) is 6.63. The van der Waals surface area contributed by atoms with Gasteiger partial charge in [-0.1, -0.05) is 0 Å². The summed E-state index contributed by atoms with van der Waals surface area (Å²) in [4.78, 5) is 11.1. The third kappa shape index (κ3) is 5.47. The van der Waals surface area contributed by atoms with Gasteiger partial charge in [-0.15, -0.1) is 0 Å². The van der Waals surface area contributed by atoms with Crippen LogP contribution < -0.4 is 5.73 Å². The molecule has 5 heteroatoms. The molecule has 0 radical (unpaired) electrons. The lowest BCUT2D eigenvalue weighted by Gasteiger charge is -2.16. The van der Waals surface area contributed by atoms with Gasteiger partial charge in [-0.3, -0.25) is 4.79 Å². The third-order valence-electron chi connectivity index (χ3n) is 1.82. The molecule has 0 aromatic heterocycles. The Morgan fingerprint density at radius 2 is 2.29 bits per heavy atom. The van der Waals surface area contributed by atoms with Crippen molar-refractivity contribution in [1.29, 1.82) is 0 Å². The smallest absolute Gasteiger partial charge is 0.325 e. The van der Waals surface area contributed by atoms with Crippen molar-refractivity contribution in [1.82, 2.24) is 0 Å². The molecule has 14 heavy (non-hydrogen) atoms. The average Bonchev–Trinajstić information content (AvgIpc) is 2.17. The Kier molecular flexibility index (Phi) is 7.93. The van der Waals surface area contributed by atoms with Gasteiger partial charge in [0.25, 0.3) is 0 Å². The molecular weight excluding hydrogens is 202 g/mol. The van der Waals surface area contributed by atoms with Gasteiger partial charge >= 0.3 is 5.97 Å². The molecule has 0 bridgehead atoms. The zero-order valence-electron chi connectivity index (χ0n) is 8.73. The number of carbonyl (C=O) groups excluding carboxylic acids is 1. The molecular formula is C9H19NO3S. The Balaban J connectivity index is 3.74. The number of ether oxygens (including phenoxy) is 1. The summed E-state index contributed by atoms with van der Waals surface area (Å²) in [7, 11) is 0. The summed E-state index contributed by atoms with van der Waals surface area (Å²) in [5.41, 5.74) is 5.50. The number of aliphatic hydroxyl groups is 1. The maximum atomic E-state index is 11.1. The maximum absolute atomic E-state index is 11.1. The second-order valence-electron chi connectivity index (χ2n) is 2.98. The summed E-state index contributed by atoms with van der Waals surface area (Å²) in [6.45, 7) is 2.01. The van der Waals surface area contributed by atoms with Gasteiger partial charge in [-0.05, 0) is 31.8 Å². The maximum Gasteiger partial charge on any atom is 0.325 e. The van der Waals surface area contributed by atoms with Gasteiger partial charge in [-0.2, -0.15) is 11.8 Å². The number of esters is 1. The van der Waals surface area contributed by atoms with Gasteiger partial charge in [0.2, 0.25) is 0 Å². The van der Waals surface area contributed by atoms with E-state index in [0.29, 0.717) is 13.0 Å². The van der Waals surface area contributed by atoms with E-state index >= 15 is 0 Å². The van der Waals surface area contributed by atoms with Crippen LogP contribution in [0.3, 0.4) is 0 Å². The predicted octanol–water partition coefficient (Wildman–Crippen LogP) is 0.381. The molecule has 0 aromatic rings. The van der Waals surface area contributed by atoms with E-state index in [-0.39, 0.29) is 0 Å². The summed E-state index contributed by atoms with van der Waals surface area (Å²) in [6.07, 6.45) is 2.61. The van der Waals surface area contributed by atoms with Crippen molar-refractivity contribution in [3.63, 3.8) is 0 Å². The Hall–Kier alpha value is -0.260. The molecule has 0 aliphatic carbocycles. The first-order valence-corrected chi connectivity index (χ1v) is 6.12. The van der Waals surface area contributed by atoms with E-state index in [0.717, 1.165) is 12.2 Å². The van der Waals surface area contributed by atoms with Gasteiger partial charge in [0.15, 0.2) is 0 Å². The van der Waals surface area contributed by atoms with E-state index in [9.17, 15) is 9.90 Å². The lowest BCUT2D eigenvalue weighted by molar-refractivity contribution is -0.147. The molecule has 0 saturated heterocycles. The minimum absolute atomic E-state index is 0.296. The van der Waals surface area contributed by atoms with Gasteiger partial charge in [0, 0.05) is 0 Å². The van der Waals surface area contributed by atoms with E-state index in [4.69, 9.17) is 10.5 Å². The average molecular weight is 221 g/mol. The fourth-order valence-corrected chi connectivity index (χ4v) is 1.47. The quantitative estimate of drug-likeness (QED) is 0.480. The highest BCUT2D eigenvalue weighted by Crippen LogP contribution is 2.06. The zero-order chi connectivity index (χ0) is 11.0. The molecule has 0 fully saturated rings. The molecule has 2 atom stereocenters. The molecule has 0 aliphatic rings. The lowest BCUT2D eigenvalue weighted by atomic mass is 10.1. The number of hydrogen-bond acceptors (Lipinski definition) is 5. The van der Waals surface area contributed by atoms with Crippen LogP contribution in [-0.2, 0) is 9.53 Å². The summed E-state index contributed by atoms with van der Waals surface area (Å²) in [6, 6.07) is -0.906.